The van der Waals surface area contributed by atoms with Gasteiger partial charge in [0.15, 0.2) is 5.84 Å². The lowest BCUT2D eigenvalue weighted by atomic mass is 10.2. The number of hydrogen-bond acceptors (Lipinski definition) is 4. The van der Waals surface area contributed by atoms with E-state index in [2.05, 4.69) is 14.8 Å². The highest BCUT2D eigenvalue weighted by Crippen LogP contribution is 2.09. The van der Waals surface area contributed by atoms with E-state index in [4.69, 9.17) is 0 Å². The molecule has 0 unspecified atom stereocenters. The Morgan fingerprint density at radius 2 is 2.05 bits per heavy atom. The molecule has 0 saturated carbocycles. The fraction of sp³-hybridized carbons (Fsp3) is 0.235. The first-order valence-corrected chi connectivity index (χ1v) is 7.00. The third kappa shape index (κ3) is 3.91. The number of aliphatic imine (C=N–C) groups is 1. The van der Waals surface area contributed by atoms with Crippen LogP contribution in [-0.2, 0) is 9.53 Å². The average molecular weight is 297 g/mol. The van der Waals surface area contributed by atoms with Gasteiger partial charge in [0.1, 0.15) is 0 Å². The van der Waals surface area contributed by atoms with Crippen LogP contribution in [0.4, 0.5) is 0 Å². The Kier molecular flexibility index (Phi) is 5.25. The minimum atomic E-state index is -0.293. The molecule has 0 radical (unpaired) electrons. The minimum Gasteiger partial charge on any atom is -0.469 e. The van der Waals surface area contributed by atoms with Crippen molar-refractivity contribution in [3.63, 3.8) is 0 Å². The summed E-state index contributed by atoms with van der Waals surface area (Å²) >= 11 is 0. The molecule has 0 aliphatic rings. The van der Waals surface area contributed by atoms with Gasteiger partial charge in [0, 0.05) is 17.5 Å². The molecule has 0 N–H and O–H groups in total. The van der Waals surface area contributed by atoms with E-state index in [1.54, 1.807) is 17.0 Å². The molecule has 0 bridgehead atoms. The number of benzene rings is 1. The van der Waals surface area contributed by atoms with E-state index in [1.807, 2.05) is 50.2 Å². The summed E-state index contributed by atoms with van der Waals surface area (Å²) in [5, 5.41) is 4.48. The first-order chi connectivity index (χ1) is 10.6. The topological polar surface area (TPSA) is 56.5 Å². The van der Waals surface area contributed by atoms with Crippen LogP contribution >= 0.6 is 0 Å². The van der Waals surface area contributed by atoms with Crippen LogP contribution in [0.2, 0.25) is 0 Å². The molecular weight excluding hydrogens is 278 g/mol. The Labute approximate surface area is 129 Å². The zero-order valence-electron chi connectivity index (χ0n) is 13.0. The van der Waals surface area contributed by atoms with Crippen LogP contribution in [-0.4, -0.2) is 28.7 Å². The van der Waals surface area contributed by atoms with Gasteiger partial charge in [-0.05, 0) is 19.9 Å². The lowest BCUT2D eigenvalue weighted by molar-refractivity contribution is -0.139. The molecule has 0 aliphatic carbocycles. The van der Waals surface area contributed by atoms with Crippen LogP contribution in [0, 0.1) is 13.8 Å². The normalized spacial score (nSPS) is 11.9. The summed E-state index contributed by atoms with van der Waals surface area (Å²) < 4.78 is 6.39. The highest BCUT2D eigenvalue weighted by molar-refractivity contribution is 6.00. The molecule has 114 valence electrons. The summed E-state index contributed by atoms with van der Waals surface area (Å²) in [5.41, 5.74) is 2.89. The predicted molar refractivity (Wildman–Crippen MR) is 85.9 cm³/mol. The molecule has 5 nitrogen and oxygen atoms in total. The summed E-state index contributed by atoms with van der Waals surface area (Å²) in [6.45, 7) is 3.93. The number of rotatable bonds is 4. The first-order valence-electron chi connectivity index (χ1n) is 7.00. The number of esters is 1. The van der Waals surface area contributed by atoms with E-state index in [9.17, 15) is 4.79 Å². The van der Waals surface area contributed by atoms with E-state index < -0.39 is 0 Å². The summed E-state index contributed by atoms with van der Waals surface area (Å²) in [5.74, 6) is 0.422. The maximum atomic E-state index is 11.1. The zero-order valence-corrected chi connectivity index (χ0v) is 13.0. The van der Waals surface area contributed by atoms with Gasteiger partial charge in [-0.2, -0.15) is 5.10 Å². The van der Waals surface area contributed by atoms with Gasteiger partial charge in [-0.1, -0.05) is 36.4 Å². The molecular formula is C17H19N3O2. The largest absolute Gasteiger partial charge is 0.469 e. The second-order valence-corrected chi connectivity index (χ2v) is 4.82. The molecule has 22 heavy (non-hydrogen) atoms. The lowest BCUT2D eigenvalue weighted by Crippen LogP contribution is -2.16. The predicted octanol–water partition coefficient (Wildman–Crippen LogP) is 2.87. The molecule has 2 rings (SSSR count). The maximum absolute atomic E-state index is 11.1. The van der Waals surface area contributed by atoms with Crippen molar-refractivity contribution in [3.8, 4) is 0 Å². The number of aromatic nitrogens is 2. The third-order valence-corrected chi connectivity index (χ3v) is 3.06. The SMILES string of the molecule is COC(=O)C/C=C\N=C(c1ccccc1)n1nc(C)cc1C. The molecule has 0 fully saturated rings. The van der Waals surface area contributed by atoms with E-state index in [0.29, 0.717) is 5.84 Å². The summed E-state index contributed by atoms with van der Waals surface area (Å²) in [6.07, 6.45) is 3.47. The zero-order chi connectivity index (χ0) is 15.9. The van der Waals surface area contributed by atoms with Gasteiger partial charge < -0.3 is 4.74 Å². The van der Waals surface area contributed by atoms with Gasteiger partial charge in [-0.15, -0.1) is 0 Å². The van der Waals surface area contributed by atoms with Crippen molar-refractivity contribution in [1.82, 2.24) is 9.78 Å². The number of ether oxygens (including phenoxy) is 1. The van der Waals surface area contributed by atoms with Crippen molar-refractivity contribution in [2.45, 2.75) is 20.3 Å². The Morgan fingerprint density at radius 1 is 1.32 bits per heavy atom. The third-order valence-electron chi connectivity index (χ3n) is 3.06. The standard InChI is InChI=1S/C17H19N3O2/c1-13-12-14(2)20(19-13)17(15-8-5-4-6-9-15)18-11-7-10-16(21)22-3/h4-9,11-12H,10H2,1-3H3/b11-7-,18-17?. The average Bonchev–Trinajstić information content (AvgIpc) is 2.86. The highest BCUT2D eigenvalue weighted by Gasteiger charge is 2.09. The number of aryl methyl sites for hydroxylation is 2. The molecule has 1 aromatic carbocycles. The van der Waals surface area contributed by atoms with Gasteiger partial charge in [-0.25, -0.2) is 9.67 Å². The molecule has 5 heteroatoms. The van der Waals surface area contributed by atoms with Crippen LogP contribution in [0.5, 0.6) is 0 Å². The molecule has 0 atom stereocenters. The van der Waals surface area contributed by atoms with Crippen LogP contribution in [0.1, 0.15) is 23.4 Å². The molecule has 0 spiro atoms. The highest BCUT2D eigenvalue weighted by atomic mass is 16.5. The molecule has 0 saturated heterocycles. The van der Waals surface area contributed by atoms with Gasteiger partial charge in [0.2, 0.25) is 0 Å². The van der Waals surface area contributed by atoms with E-state index >= 15 is 0 Å². The monoisotopic (exact) mass is 297 g/mol. The summed E-state index contributed by atoms with van der Waals surface area (Å²) in [7, 11) is 1.37. The number of hydrogen-bond donors (Lipinski definition) is 0. The van der Waals surface area contributed by atoms with Crippen molar-refractivity contribution in [3.05, 3.63) is 65.6 Å². The van der Waals surface area contributed by atoms with Crippen LogP contribution < -0.4 is 0 Å². The van der Waals surface area contributed by atoms with Crippen molar-refractivity contribution in [2.24, 2.45) is 4.99 Å². The number of nitrogens with zero attached hydrogens (tertiary/aromatic N) is 3. The number of carbonyl (C=O) groups is 1. The number of carbonyl (C=O) groups excluding carboxylic acids is 1. The minimum absolute atomic E-state index is 0.194. The van der Waals surface area contributed by atoms with Gasteiger partial charge in [0.05, 0.1) is 19.2 Å². The summed E-state index contributed by atoms with van der Waals surface area (Å²) in [6, 6.07) is 11.8. The van der Waals surface area contributed by atoms with E-state index in [1.165, 1.54) is 7.11 Å². The maximum Gasteiger partial charge on any atom is 0.309 e. The smallest absolute Gasteiger partial charge is 0.309 e. The summed E-state index contributed by atoms with van der Waals surface area (Å²) in [4.78, 5) is 15.6. The van der Waals surface area contributed by atoms with Crippen LogP contribution in [0.15, 0.2) is 53.7 Å². The van der Waals surface area contributed by atoms with Gasteiger partial charge in [0.25, 0.3) is 0 Å². The van der Waals surface area contributed by atoms with Gasteiger partial charge in [-0.3, -0.25) is 4.79 Å². The second kappa shape index (κ2) is 7.36. The Bertz CT molecular complexity index is 700. The molecule has 0 aliphatic heterocycles. The van der Waals surface area contributed by atoms with Crippen molar-refractivity contribution >= 4 is 11.8 Å². The second-order valence-electron chi connectivity index (χ2n) is 4.82. The first kappa shape index (κ1) is 15.7. The Hall–Kier alpha value is -2.69. The van der Waals surface area contributed by atoms with Gasteiger partial charge >= 0.3 is 5.97 Å². The van der Waals surface area contributed by atoms with Crippen LogP contribution in [0.3, 0.4) is 0 Å². The van der Waals surface area contributed by atoms with Crippen molar-refractivity contribution < 1.29 is 9.53 Å². The fourth-order valence-corrected chi connectivity index (χ4v) is 2.04. The van der Waals surface area contributed by atoms with Crippen molar-refractivity contribution in [2.75, 3.05) is 7.11 Å². The van der Waals surface area contributed by atoms with Crippen LogP contribution in [0.25, 0.3) is 0 Å². The molecule has 2 aromatic rings. The Morgan fingerprint density at radius 3 is 2.64 bits per heavy atom. The van der Waals surface area contributed by atoms with Crippen molar-refractivity contribution in [1.29, 1.82) is 0 Å². The Balaban J connectivity index is 2.34. The van der Waals surface area contributed by atoms with E-state index in [-0.39, 0.29) is 12.4 Å². The molecule has 0 amide bonds. The lowest BCUT2D eigenvalue weighted by Gasteiger charge is -2.08. The fourth-order valence-electron chi connectivity index (χ4n) is 2.04. The number of methoxy groups -OCH3 is 1. The van der Waals surface area contributed by atoms with E-state index in [0.717, 1.165) is 17.0 Å². The molecule has 1 heterocycles. The quantitative estimate of drug-likeness (QED) is 0.495. The molecule has 1 aromatic heterocycles.